The summed E-state index contributed by atoms with van der Waals surface area (Å²) in [4.78, 5) is 2.12. The Bertz CT molecular complexity index is 339. The Balaban J connectivity index is 2.52. The molecule has 0 radical (unpaired) electrons. The van der Waals surface area contributed by atoms with E-state index in [9.17, 15) is 4.39 Å². The number of benzene rings is 1. The fourth-order valence-corrected chi connectivity index (χ4v) is 1.46. The highest BCUT2D eigenvalue weighted by Crippen LogP contribution is 2.20. The molecule has 0 N–H and O–H groups in total. The molecule has 16 heavy (non-hydrogen) atoms. The van der Waals surface area contributed by atoms with Crippen molar-refractivity contribution in [2.45, 2.75) is 26.4 Å². The topological polar surface area (TPSA) is 12.5 Å². The first-order valence-electron chi connectivity index (χ1n) is 5.56. The van der Waals surface area contributed by atoms with Gasteiger partial charge >= 0.3 is 0 Å². The summed E-state index contributed by atoms with van der Waals surface area (Å²) in [6.07, 6.45) is 1.11. The van der Waals surface area contributed by atoms with Gasteiger partial charge in [-0.05, 0) is 58.1 Å². The minimum atomic E-state index is -0.217. The van der Waals surface area contributed by atoms with Crippen molar-refractivity contribution in [1.29, 1.82) is 0 Å². The third kappa shape index (κ3) is 4.19. The summed E-state index contributed by atoms with van der Waals surface area (Å²) >= 11 is 0. The van der Waals surface area contributed by atoms with Crippen molar-refractivity contribution in [3.63, 3.8) is 0 Å². The van der Waals surface area contributed by atoms with E-state index in [4.69, 9.17) is 4.74 Å². The lowest BCUT2D eigenvalue weighted by Crippen LogP contribution is -2.21. The average Bonchev–Trinajstić information content (AvgIpc) is 2.19. The number of hydrogen-bond acceptors (Lipinski definition) is 2. The summed E-state index contributed by atoms with van der Waals surface area (Å²) in [5.41, 5.74) is 0.844. The van der Waals surface area contributed by atoms with Gasteiger partial charge in [0, 0.05) is 6.54 Å². The minimum Gasteiger partial charge on any atom is -0.490 e. The highest BCUT2D eigenvalue weighted by Gasteiger charge is 2.07. The number of halogens is 1. The van der Waals surface area contributed by atoms with Gasteiger partial charge in [0.1, 0.15) is 11.6 Å². The number of nitrogens with zero attached hydrogens (tertiary/aromatic N) is 1. The van der Waals surface area contributed by atoms with E-state index in [1.807, 2.05) is 27.9 Å². The molecule has 2 nitrogen and oxygen atoms in total. The fraction of sp³-hybridized carbons (Fsp3) is 0.538. The van der Waals surface area contributed by atoms with Crippen LogP contribution in [0.4, 0.5) is 4.39 Å². The minimum absolute atomic E-state index is 0.145. The van der Waals surface area contributed by atoms with Crippen molar-refractivity contribution in [2.75, 3.05) is 20.6 Å². The first-order valence-corrected chi connectivity index (χ1v) is 5.56. The van der Waals surface area contributed by atoms with E-state index >= 15 is 0 Å². The number of aryl methyl sites for hydroxylation is 1. The fourth-order valence-electron chi connectivity index (χ4n) is 1.46. The summed E-state index contributed by atoms with van der Waals surface area (Å²) in [5, 5.41) is 0. The molecular weight excluding hydrogens is 205 g/mol. The standard InChI is InChI=1S/C13H20FNO/c1-10-9-12(14)5-6-13(10)16-11(2)7-8-15(3)4/h5-6,9,11H,7-8H2,1-4H3/t11-/m1/s1. The third-order valence-electron chi connectivity index (χ3n) is 2.45. The Hall–Kier alpha value is -1.09. The normalized spacial score (nSPS) is 12.9. The molecule has 1 aromatic rings. The molecule has 90 valence electrons. The lowest BCUT2D eigenvalue weighted by atomic mass is 10.2. The summed E-state index contributed by atoms with van der Waals surface area (Å²) < 4.78 is 18.6. The van der Waals surface area contributed by atoms with Gasteiger partial charge in [-0.25, -0.2) is 4.39 Å². The van der Waals surface area contributed by atoms with Crippen LogP contribution in [-0.2, 0) is 0 Å². The van der Waals surface area contributed by atoms with Crippen LogP contribution < -0.4 is 4.74 Å². The van der Waals surface area contributed by atoms with Gasteiger partial charge in [-0.15, -0.1) is 0 Å². The van der Waals surface area contributed by atoms with Crippen LogP contribution in [0.1, 0.15) is 18.9 Å². The monoisotopic (exact) mass is 225 g/mol. The maximum atomic E-state index is 12.9. The highest BCUT2D eigenvalue weighted by molar-refractivity contribution is 5.32. The van der Waals surface area contributed by atoms with E-state index in [1.165, 1.54) is 12.1 Å². The van der Waals surface area contributed by atoms with Crippen LogP contribution in [0.2, 0.25) is 0 Å². The molecule has 0 amide bonds. The van der Waals surface area contributed by atoms with E-state index in [1.54, 1.807) is 6.07 Å². The van der Waals surface area contributed by atoms with Crippen LogP contribution in [0.3, 0.4) is 0 Å². The molecule has 0 saturated heterocycles. The van der Waals surface area contributed by atoms with Gasteiger partial charge in [0.2, 0.25) is 0 Å². The Kier molecular flexibility index (Phi) is 4.74. The summed E-state index contributed by atoms with van der Waals surface area (Å²) in [5.74, 6) is 0.554. The molecule has 0 spiro atoms. The van der Waals surface area contributed by atoms with Crippen molar-refractivity contribution in [3.8, 4) is 5.75 Å². The second kappa shape index (κ2) is 5.85. The molecule has 1 aromatic carbocycles. The predicted molar refractivity (Wildman–Crippen MR) is 64.4 cm³/mol. The SMILES string of the molecule is Cc1cc(F)ccc1O[C@H](C)CCN(C)C. The van der Waals surface area contributed by atoms with E-state index in [0.29, 0.717) is 0 Å². The quantitative estimate of drug-likeness (QED) is 0.764. The maximum absolute atomic E-state index is 12.9. The predicted octanol–water partition coefficient (Wildman–Crippen LogP) is 2.85. The van der Waals surface area contributed by atoms with Crippen LogP contribution >= 0.6 is 0 Å². The first-order chi connectivity index (χ1) is 7.49. The summed E-state index contributed by atoms with van der Waals surface area (Å²) in [7, 11) is 4.08. The second-order valence-electron chi connectivity index (χ2n) is 4.43. The Morgan fingerprint density at radius 2 is 2.06 bits per heavy atom. The van der Waals surface area contributed by atoms with Crippen molar-refractivity contribution in [3.05, 3.63) is 29.6 Å². The van der Waals surface area contributed by atoms with Gasteiger partial charge in [0.05, 0.1) is 6.10 Å². The van der Waals surface area contributed by atoms with Crippen molar-refractivity contribution >= 4 is 0 Å². The summed E-state index contributed by atoms with van der Waals surface area (Å²) in [6.45, 7) is 4.88. The van der Waals surface area contributed by atoms with Gasteiger partial charge in [-0.2, -0.15) is 0 Å². The molecule has 0 aromatic heterocycles. The largest absolute Gasteiger partial charge is 0.490 e. The van der Waals surface area contributed by atoms with Gasteiger partial charge in [0.25, 0.3) is 0 Å². The van der Waals surface area contributed by atoms with Gasteiger partial charge in [0.15, 0.2) is 0 Å². The molecule has 0 aliphatic rings. The van der Waals surface area contributed by atoms with Gasteiger partial charge in [-0.1, -0.05) is 0 Å². The molecule has 0 aliphatic heterocycles. The van der Waals surface area contributed by atoms with Crippen LogP contribution in [-0.4, -0.2) is 31.6 Å². The molecule has 0 saturated carbocycles. The molecule has 0 fully saturated rings. The molecule has 0 heterocycles. The van der Waals surface area contributed by atoms with E-state index in [-0.39, 0.29) is 11.9 Å². The molecule has 1 atom stereocenters. The number of hydrogen-bond donors (Lipinski definition) is 0. The number of ether oxygens (including phenoxy) is 1. The maximum Gasteiger partial charge on any atom is 0.123 e. The lowest BCUT2D eigenvalue weighted by Gasteiger charge is -2.18. The first kappa shape index (κ1) is 13.0. The van der Waals surface area contributed by atoms with Crippen molar-refractivity contribution < 1.29 is 9.13 Å². The molecule has 0 unspecified atom stereocenters. The van der Waals surface area contributed by atoms with Crippen LogP contribution in [0.15, 0.2) is 18.2 Å². The Labute approximate surface area is 97.0 Å². The molecular formula is C13H20FNO. The molecule has 0 aliphatic carbocycles. The van der Waals surface area contributed by atoms with Crippen molar-refractivity contribution in [2.24, 2.45) is 0 Å². The number of rotatable bonds is 5. The van der Waals surface area contributed by atoms with E-state index in [0.717, 1.165) is 24.3 Å². The molecule has 3 heteroatoms. The smallest absolute Gasteiger partial charge is 0.123 e. The molecule has 1 rings (SSSR count). The zero-order chi connectivity index (χ0) is 12.1. The van der Waals surface area contributed by atoms with Gasteiger partial charge < -0.3 is 9.64 Å². The Morgan fingerprint density at radius 3 is 2.62 bits per heavy atom. The molecule has 0 bridgehead atoms. The van der Waals surface area contributed by atoms with Crippen LogP contribution in [0, 0.1) is 12.7 Å². The van der Waals surface area contributed by atoms with E-state index < -0.39 is 0 Å². The van der Waals surface area contributed by atoms with Crippen molar-refractivity contribution in [1.82, 2.24) is 4.90 Å². The zero-order valence-electron chi connectivity index (χ0n) is 10.5. The van der Waals surface area contributed by atoms with Crippen LogP contribution in [0.5, 0.6) is 5.75 Å². The van der Waals surface area contributed by atoms with E-state index in [2.05, 4.69) is 4.90 Å². The highest BCUT2D eigenvalue weighted by atomic mass is 19.1. The third-order valence-corrected chi connectivity index (χ3v) is 2.45. The Morgan fingerprint density at radius 1 is 1.38 bits per heavy atom. The van der Waals surface area contributed by atoms with Crippen LogP contribution in [0.25, 0.3) is 0 Å². The zero-order valence-corrected chi connectivity index (χ0v) is 10.5. The average molecular weight is 225 g/mol. The lowest BCUT2D eigenvalue weighted by molar-refractivity contribution is 0.193. The second-order valence-corrected chi connectivity index (χ2v) is 4.43. The summed E-state index contributed by atoms with van der Waals surface area (Å²) in [6, 6.07) is 4.62. The van der Waals surface area contributed by atoms with Gasteiger partial charge in [-0.3, -0.25) is 0 Å².